The van der Waals surface area contributed by atoms with Crippen molar-refractivity contribution < 1.29 is 4.92 Å². The minimum atomic E-state index is -0.852. The average molecular weight is 267 g/mol. The van der Waals surface area contributed by atoms with Gasteiger partial charge in [-0.25, -0.2) is 4.79 Å². The molecule has 0 atom stereocenters. The Morgan fingerprint density at radius 2 is 1.74 bits per heavy atom. The molecule has 0 aliphatic rings. The van der Waals surface area contributed by atoms with Crippen LogP contribution in [0.2, 0.25) is 0 Å². The van der Waals surface area contributed by atoms with Crippen molar-refractivity contribution >= 4 is 11.8 Å². The highest BCUT2D eigenvalue weighted by atomic mass is 16.6. The number of hydrogen-bond donors (Lipinski definition) is 0. The van der Waals surface area contributed by atoms with Crippen LogP contribution in [0.3, 0.4) is 0 Å². The van der Waals surface area contributed by atoms with Crippen LogP contribution in [-0.2, 0) is 13.1 Å². The van der Waals surface area contributed by atoms with E-state index >= 15 is 0 Å². The number of hydrogen-bond acceptors (Lipinski definition) is 4. The molecular weight excluding hydrogens is 250 g/mol. The van der Waals surface area contributed by atoms with E-state index in [1.807, 2.05) is 0 Å². The lowest BCUT2D eigenvalue weighted by Crippen LogP contribution is -2.41. The van der Waals surface area contributed by atoms with Crippen LogP contribution in [-0.4, -0.2) is 14.1 Å². The molecule has 0 bridgehead atoms. The molecule has 0 aromatic carbocycles. The van der Waals surface area contributed by atoms with Gasteiger partial charge in [0.1, 0.15) is 5.69 Å². The molecular formula is C12H17N3O4. The molecule has 1 aromatic rings. The van der Waals surface area contributed by atoms with Crippen LogP contribution in [0.4, 0.5) is 5.69 Å². The molecule has 7 heteroatoms. The minimum absolute atomic E-state index is 0.0622. The molecule has 0 aliphatic heterocycles. The van der Waals surface area contributed by atoms with Crippen LogP contribution in [0, 0.1) is 10.1 Å². The Hall–Kier alpha value is -2.18. The summed E-state index contributed by atoms with van der Waals surface area (Å²) in [5, 5.41) is 11.1. The van der Waals surface area contributed by atoms with Gasteiger partial charge in [0.25, 0.3) is 0 Å². The van der Waals surface area contributed by atoms with E-state index in [0.29, 0.717) is 0 Å². The molecule has 0 N–H and O–H groups in total. The van der Waals surface area contributed by atoms with Crippen LogP contribution in [0.25, 0.3) is 6.08 Å². The van der Waals surface area contributed by atoms with E-state index in [-0.39, 0.29) is 18.8 Å². The van der Waals surface area contributed by atoms with Gasteiger partial charge in [-0.15, -0.1) is 0 Å². The molecule has 0 spiro atoms. The third kappa shape index (κ3) is 2.64. The van der Waals surface area contributed by atoms with Crippen molar-refractivity contribution in [2.75, 3.05) is 0 Å². The number of allylic oxidation sites excluding steroid dienone is 1. The second-order valence-corrected chi connectivity index (χ2v) is 4.29. The van der Waals surface area contributed by atoms with E-state index in [9.17, 15) is 19.7 Å². The first-order valence-electron chi connectivity index (χ1n) is 6.02. The van der Waals surface area contributed by atoms with Crippen molar-refractivity contribution in [3.8, 4) is 0 Å². The van der Waals surface area contributed by atoms with Crippen molar-refractivity contribution in [3.63, 3.8) is 0 Å². The summed E-state index contributed by atoms with van der Waals surface area (Å²) in [5.41, 5.74) is -1.09. The summed E-state index contributed by atoms with van der Waals surface area (Å²) < 4.78 is 2.12. The Bertz CT molecular complexity index is 648. The summed E-state index contributed by atoms with van der Waals surface area (Å²) in [6.45, 7) is 7.18. The predicted octanol–water partition coefficient (Wildman–Crippen LogP) is 1.38. The Kier molecular flexibility index (Phi) is 4.42. The maximum Gasteiger partial charge on any atom is 0.357 e. The third-order valence-corrected chi connectivity index (χ3v) is 2.68. The first-order chi connectivity index (χ1) is 8.84. The van der Waals surface area contributed by atoms with Crippen molar-refractivity contribution in [2.24, 2.45) is 0 Å². The largest absolute Gasteiger partial charge is 0.357 e. The zero-order valence-electron chi connectivity index (χ0n) is 11.5. The highest BCUT2D eigenvalue weighted by Crippen LogP contribution is 2.15. The third-order valence-electron chi connectivity index (χ3n) is 2.68. The summed E-state index contributed by atoms with van der Waals surface area (Å²) >= 11 is 0. The summed E-state index contributed by atoms with van der Waals surface area (Å²) in [4.78, 5) is 34.5. The second kappa shape index (κ2) is 5.64. The van der Waals surface area contributed by atoms with Crippen molar-refractivity contribution in [1.29, 1.82) is 0 Å². The average Bonchev–Trinajstić information content (AvgIpc) is 2.28. The predicted molar refractivity (Wildman–Crippen MR) is 72.3 cm³/mol. The SMILES string of the molecule is CCn1c(C=C(C)C)c([N+](=O)[O-])c(=O)n(CC)c1=O. The minimum Gasteiger partial charge on any atom is -0.288 e. The topological polar surface area (TPSA) is 87.1 Å². The monoisotopic (exact) mass is 267 g/mol. The lowest BCUT2D eigenvalue weighted by Gasteiger charge is -2.11. The highest BCUT2D eigenvalue weighted by molar-refractivity contribution is 5.58. The lowest BCUT2D eigenvalue weighted by atomic mass is 10.2. The molecule has 1 aromatic heterocycles. The maximum atomic E-state index is 12.1. The van der Waals surface area contributed by atoms with Gasteiger partial charge < -0.3 is 0 Å². The highest BCUT2D eigenvalue weighted by Gasteiger charge is 2.25. The van der Waals surface area contributed by atoms with Crippen molar-refractivity contribution in [2.45, 2.75) is 40.8 Å². The number of nitro groups is 1. The summed E-state index contributed by atoms with van der Waals surface area (Å²) in [7, 11) is 0. The lowest BCUT2D eigenvalue weighted by molar-refractivity contribution is -0.387. The summed E-state index contributed by atoms with van der Waals surface area (Å²) in [5.74, 6) is 0. The van der Waals surface area contributed by atoms with Gasteiger partial charge in [-0.05, 0) is 33.8 Å². The molecule has 0 radical (unpaired) electrons. The van der Waals surface area contributed by atoms with Gasteiger partial charge in [-0.1, -0.05) is 5.57 Å². The summed E-state index contributed by atoms with van der Waals surface area (Å²) in [6, 6.07) is 0. The van der Waals surface area contributed by atoms with E-state index in [4.69, 9.17) is 0 Å². The van der Waals surface area contributed by atoms with E-state index in [0.717, 1.165) is 10.1 Å². The number of rotatable bonds is 4. The first-order valence-corrected chi connectivity index (χ1v) is 6.02. The van der Waals surface area contributed by atoms with Gasteiger partial charge in [0.15, 0.2) is 0 Å². The quantitative estimate of drug-likeness (QED) is 0.609. The standard InChI is InChI=1S/C12H17N3O4/c1-5-13-9(7-8(3)4)10(15(18)19)11(16)14(6-2)12(13)17/h7H,5-6H2,1-4H3. The molecule has 0 amide bonds. The van der Waals surface area contributed by atoms with Crippen molar-refractivity contribution in [1.82, 2.24) is 9.13 Å². The van der Waals surface area contributed by atoms with E-state index in [2.05, 4.69) is 0 Å². The fraction of sp³-hybridized carbons (Fsp3) is 0.500. The molecule has 0 aliphatic carbocycles. The molecule has 1 heterocycles. The molecule has 0 unspecified atom stereocenters. The van der Waals surface area contributed by atoms with E-state index in [1.165, 1.54) is 10.6 Å². The van der Waals surface area contributed by atoms with Gasteiger partial charge in [0.05, 0.1) is 4.92 Å². The Labute approximate surface area is 109 Å². The molecule has 0 saturated heterocycles. The van der Waals surface area contributed by atoms with Crippen LogP contribution in [0.15, 0.2) is 15.2 Å². The van der Waals surface area contributed by atoms with Crippen LogP contribution in [0.5, 0.6) is 0 Å². The van der Waals surface area contributed by atoms with Gasteiger partial charge in [0, 0.05) is 13.1 Å². The van der Waals surface area contributed by atoms with Crippen LogP contribution < -0.4 is 11.2 Å². The molecule has 104 valence electrons. The zero-order valence-corrected chi connectivity index (χ0v) is 11.5. The molecule has 7 nitrogen and oxygen atoms in total. The van der Waals surface area contributed by atoms with Gasteiger partial charge in [-0.2, -0.15) is 0 Å². The molecule has 0 saturated carbocycles. The Morgan fingerprint density at radius 3 is 2.11 bits per heavy atom. The van der Waals surface area contributed by atoms with E-state index < -0.39 is 21.9 Å². The first kappa shape index (κ1) is 14.9. The smallest absolute Gasteiger partial charge is 0.288 e. The van der Waals surface area contributed by atoms with E-state index in [1.54, 1.807) is 27.7 Å². The molecule has 1 rings (SSSR count). The van der Waals surface area contributed by atoms with Crippen LogP contribution in [0.1, 0.15) is 33.4 Å². The van der Waals surface area contributed by atoms with Gasteiger partial charge in [0.2, 0.25) is 0 Å². The van der Waals surface area contributed by atoms with Crippen LogP contribution >= 0.6 is 0 Å². The van der Waals surface area contributed by atoms with Gasteiger partial charge in [-0.3, -0.25) is 24.0 Å². The second-order valence-electron chi connectivity index (χ2n) is 4.29. The normalized spacial score (nSPS) is 10.3. The Balaban J connectivity index is 3.98. The number of aromatic nitrogens is 2. The van der Waals surface area contributed by atoms with Crippen molar-refractivity contribution in [3.05, 3.63) is 42.2 Å². The molecule has 0 fully saturated rings. The molecule has 19 heavy (non-hydrogen) atoms. The summed E-state index contributed by atoms with van der Waals surface area (Å²) in [6.07, 6.45) is 1.49. The maximum absolute atomic E-state index is 12.1. The fourth-order valence-corrected chi connectivity index (χ4v) is 1.88. The zero-order chi connectivity index (χ0) is 14.7. The Morgan fingerprint density at radius 1 is 1.21 bits per heavy atom. The van der Waals surface area contributed by atoms with Gasteiger partial charge >= 0.3 is 16.9 Å². The number of nitrogens with zero attached hydrogens (tertiary/aromatic N) is 3. The fourth-order valence-electron chi connectivity index (χ4n) is 1.88.